The number of hydrogen-bond donors (Lipinski definition) is 1. The number of aryl methyl sites for hydroxylation is 1. The number of pyridine rings is 1. The van der Waals surface area contributed by atoms with Crippen molar-refractivity contribution in [1.29, 1.82) is 5.26 Å². The lowest BCUT2D eigenvalue weighted by molar-refractivity contribution is 0.107. The van der Waals surface area contributed by atoms with E-state index in [1.165, 1.54) is 29.5 Å². The van der Waals surface area contributed by atoms with Crippen LogP contribution in [-0.4, -0.2) is 76.9 Å². The zero-order valence-corrected chi connectivity index (χ0v) is 22.9. The van der Waals surface area contributed by atoms with Gasteiger partial charge in [0.1, 0.15) is 18.6 Å². The SMILES string of the molecule is N#CCC1CNCCN1c1nc(OC[C@@]23CCCN2C[C@H](F)C3)nc2cc(-c3cncc4c3CCCC4)ccc12. The summed E-state index contributed by atoms with van der Waals surface area (Å²) in [5.74, 6) is 0.803. The molecule has 2 aromatic heterocycles. The molecule has 7 rings (SSSR count). The van der Waals surface area contributed by atoms with Crippen molar-refractivity contribution in [2.45, 2.75) is 69.1 Å². The van der Waals surface area contributed by atoms with E-state index >= 15 is 0 Å². The highest BCUT2D eigenvalue weighted by molar-refractivity contribution is 5.93. The molecule has 9 heteroatoms. The van der Waals surface area contributed by atoms with Gasteiger partial charge in [-0.3, -0.25) is 9.88 Å². The number of rotatable bonds is 6. The quantitative estimate of drug-likeness (QED) is 0.496. The summed E-state index contributed by atoms with van der Waals surface area (Å²) in [6.45, 7) is 4.09. The topological polar surface area (TPSA) is 90.2 Å². The highest BCUT2D eigenvalue weighted by Crippen LogP contribution is 2.41. The Bertz CT molecular complexity index is 1460. The van der Waals surface area contributed by atoms with Crippen LogP contribution in [-0.2, 0) is 12.8 Å². The zero-order chi connectivity index (χ0) is 27.1. The number of aromatic nitrogens is 3. The first-order chi connectivity index (χ1) is 19.6. The molecule has 3 saturated heterocycles. The van der Waals surface area contributed by atoms with E-state index < -0.39 is 6.17 Å². The average molecular weight is 542 g/mol. The number of benzene rings is 1. The lowest BCUT2D eigenvalue weighted by atomic mass is 9.87. The van der Waals surface area contributed by atoms with E-state index in [-0.39, 0.29) is 11.6 Å². The van der Waals surface area contributed by atoms with Gasteiger partial charge < -0.3 is 15.0 Å². The smallest absolute Gasteiger partial charge is 0.319 e. The first kappa shape index (κ1) is 25.6. The summed E-state index contributed by atoms with van der Waals surface area (Å²) in [5.41, 5.74) is 5.55. The molecule has 0 spiro atoms. The summed E-state index contributed by atoms with van der Waals surface area (Å²) in [7, 11) is 0. The molecule has 1 aliphatic carbocycles. The standard InChI is InChI=1S/C31H36FN7O/c32-23-15-31(9-3-12-38(31)19-23)20-40-30-36-28-14-21(27-18-35-16-22-4-1-2-5-25(22)27)6-7-26(28)29(37-30)39-13-11-34-17-24(39)8-10-33/h6-7,14,16,18,23-24,34H,1-5,8-9,11-13,15,17,19-20H2/t23-,24?,31+/m1/s1. The van der Waals surface area contributed by atoms with E-state index in [9.17, 15) is 9.65 Å². The van der Waals surface area contributed by atoms with E-state index in [0.717, 1.165) is 74.1 Å². The van der Waals surface area contributed by atoms with Gasteiger partial charge >= 0.3 is 6.01 Å². The van der Waals surface area contributed by atoms with Crippen molar-refractivity contribution in [3.8, 4) is 23.2 Å². The summed E-state index contributed by atoms with van der Waals surface area (Å²) in [5, 5.41) is 13.9. The molecule has 1 unspecified atom stereocenters. The molecule has 3 fully saturated rings. The fourth-order valence-electron chi connectivity index (χ4n) is 7.43. The Kier molecular flexibility index (Phi) is 6.76. The number of nitrogens with zero attached hydrogens (tertiary/aromatic N) is 6. The molecule has 4 aliphatic rings. The molecular weight excluding hydrogens is 505 g/mol. The summed E-state index contributed by atoms with van der Waals surface area (Å²) >= 11 is 0. The third-order valence-corrected chi connectivity index (χ3v) is 9.42. The molecule has 1 aromatic carbocycles. The number of nitriles is 1. The van der Waals surface area contributed by atoms with Crippen LogP contribution in [0.4, 0.5) is 10.2 Å². The minimum Gasteiger partial charge on any atom is -0.461 e. The van der Waals surface area contributed by atoms with Crippen molar-refractivity contribution < 1.29 is 9.13 Å². The lowest BCUT2D eigenvalue weighted by Gasteiger charge is -2.36. The van der Waals surface area contributed by atoms with Gasteiger partial charge in [0, 0.05) is 55.9 Å². The van der Waals surface area contributed by atoms with Gasteiger partial charge in [0.15, 0.2) is 0 Å². The lowest BCUT2D eigenvalue weighted by Crippen LogP contribution is -2.51. The van der Waals surface area contributed by atoms with Crippen LogP contribution in [0.2, 0.25) is 0 Å². The molecule has 0 saturated carbocycles. The second-order valence-corrected chi connectivity index (χ2v) is 11.9. The molecule has 208 valence electrons. The predicted molar refractivity (Wildman–Crippen MR) is 152 cm³/mol. The van der Waals surface area contributed by atoms with E-state index in [1.807, 2.05) is 12.4 Å². The van der Waals surface area contributed by atoms with Gasteiger partial charge in [-0.2, -0.15) is 15.2 Å². The minimum atomic E-state index is -0.808. The first-order valence-corrected chi connectivity index (χ1v) is 14.8. The van der Waals surface area contributed by atoms with Crippen LogP contribution < -0.4 is 15.0 Å². The molecular formula is C31H36FN7O. The molecule has 40 heavy (non-hydrogen) atoms. The summed E-state index contributed by atoms with van der Waals surface area (Å²) in [4.78, 5) is 18.9. The Labute approximate surface area is 234 Å². The van der Waals surface area contributed by atoms with E-state index in [0.29, 0.717) is 32.0 Å². The fourth-order valence-corrected chi connectivity index (χ4v) is 7.43. The van der Waals surface area contributed by atoms with Gasteiger partial charge in [-0.15, -0.1) is 0 Å². The van der Waals surface area contributed by atoms with Crippen molar-refractivity contribution >= 4 is 16.7 Å². The van der Waals surface area contributed by atoms with Gasteiger partial charge in [-0.25, -0.2) is 4.39 Å². The van der Waals surface area contributed by atoms with Crippen molar-refractivity contribution in [2.24, 2.45) is 0 Å². The number of hydrogen-bond acceptors (Lipinski definition) is 8. The predicted octanol–water partition coefficient (Wildman–Crippen LogP) is 4.22. The van der Waals surface area contributed by atoms with Crippen LogP contribution in [0.5, 0.6) is 6.01 Å². The van der Waals surface area contributed by atoms with E-state index in [4.69, 9.17) is 14.7 Å². The molecule has 3 aliphatic heterocycles. The Morgan fingerprint density at radius 3 is 3.00 bits per heavy atom. The maximum atomic E-state index is 14.4. The molecule has 0 radical (unpaired) electrons. The van der Waals surface area contributed by atoms with Crippen LogP contribution >= 0.6 is 0 Å². The number of nitrogens with one attached hydrogen (secondary N) is 1. The first-order valence-electron chi connectivity index (χ1n) is 14.8. The second-order valence-electron chi connectivity index (χ2n) is 11.9. The van der Waals surface area contributed by atoms with Gasteiger partial charge in [-0.05, 0) is 73.9 Å². The van der Waals surface area contributed by atoms with E-state index in [2.05, 4.69) is 44.4 Å². The third-order valence-electron chi connectivity index (χ3n) is 9.42. The van der Waals surface area contributed by atoms with Crippen LogP contribution in [0.1, 0.15) is 49.7 Å². The van der Waals surface area contributed by atoms with Crippen molar-refractivity contribution in [3.05, 3.63) is 41.7 Å². The van der Waals surface area contributed by atoms with Crippen molar-refractivity contribution in [3.63, 3.8) is 0 Å². The number of alkyl halides is 1. The Morgan fingerprint density at radius 2 is 2.08 bits per heavy atom. The maximum Gasteiger partial charge on any atom is 0.319 e. The third kappa shape index (κ3) is 4.57. The summed E-state index contributed by atoms with van der Waals surface area (Å²) in [6.07, 6.45) is 10.7. The van der Waals surface area contributed by atoms with Crippen LogP contribution in [0.15, 0.2) is 30.6 Å². The van der Waals surface area contributed by atoms with Crippen LogP contribution in [0, 0.1) is 11.3 Å². The average Bonchev–Trinajstić information content (AvgIpc) is 3.51. The molecule has 0 bridgehead atoms. The maximum absolute atomic E-state index is 14.4. The zero-order valence-electron chi connectivity index (χ0n) is 22.9. The summed E-state index contributed by atoms with van der Waals surface area (Å²) < 4.78 is 20.8. The van der Waals surface area contributed by atoms with Crippen molar-refractivity contribution in [1.82, 2.24) is 25.2 Å². The van der Waals surface area contributed by atoms with Gasteiger partial charge in [0.25, 0.3) is 0 Å². The number of ether oxygens (including phenoxy) is 1. The number of piperazine rings is 1. The monoisotopic (exact) mass is 541 g/mol. The highest BCUT2D eigenvalue weighted by atomic mass is 19.1. The van der Waals surface area contributed by atoms with Crippen LogP contribution in [0.3, 0.4) is 0 Å². The van der Waals surface area contributed by atoms with E-state index in [1.54, 1.807) is 0 Å². The van der Waals surface area contributed by atoms with Gasteiger partial charge in [-0.1, -0.05) is 6.07 Å². The minimum absolute atomic E-state index is 0.0146. The number of halogens is 1. The molecule has 3 aromatic rings. The molecule has 5 heterocycles. The summed E-state index contributed by atoms with van der Waals surface area (Å²) in [6, 6.07) is 9.08. The normalized spacial score (nSPS) is 26.4. The fraction of sp³-hybridized carbons (Fsp3) is 0.548. The second kappa shape index (κ2) is 10.6. The number of fused-ring (bicyclic) bond motifs is 3. The Morgan fingerprint density at radius 1 is 1.15 bits per heavy atom. The Hall–Kier alpha value is -3.35. The Balaban J connectivity index is 1.29. The number of anilines is 1. The van der Waals surface area contributed by atoms with Crippen molar-refractivity contribution in [2.75, 3.05) is 44.2 Å². The van der Waals surface area contributed by atoms with Gasteiger partial charge in [0.05, 0.1) is 29.6 Å². The molecule has 0 amide bonds. The molecule has 8 nitrogen and oxygen atoms in total. The van der Waals surface area contributed by atoms with Crippen LogP contribution in [0.25, 0.3) is 22.0 Å². The largest absolute Gasteiger partial charge is 0.461 e. The highest BCUT2D eigenvalue weighted by Gasteiger charge is 2.49. The molecule has 3 atom stereocenters. The van der Waals surface area contributed by atoms with Gasteiger partial charge in [0.2, 0.25) is 0 Å². The molecule has 1 N–H and O–H groups in total.